The average Bonchev–Trinajstić information content (AvgIpc) is 2.99. The predicted molar refractivity (Wildman–Crippen MR) is 83.2 cm³/mol. The molecule has 6 nitrogen and oxygen atoms in total. The molecule has 0 saturated heterocycles. The van der Waals surface area contributed by atoms with Crippen LogP contribution in [0.3, 0.4) is 0 Å². The summed E-state index contributed by atoms with van der Waals surface area (Å²) in [6, 6.07) is 9.72. The van der Waals surface area contributed by atoms with Crippen LogP contribution in [0.1, 0.15) is 26.1 Å². The lowest BCUT2D eigenvalue weighted by molar-refractivity contribution is -0.120. The number of nitrogens with one attached hydrogen (secondary N) is 1. The standard InChI is InChI=1S/C14H19N5OS/c1-3-9-15-14(20)11(2)21-10-13-16-17-18-19(13)12-7-5-4-6-8-12/h4-8,11H,3,9-10H2,1-2H3,(H,15,20). The van der Waals surface area contributed by atoms with Gasteiger partial charge >= 0.3 is 0 Å². The van der Waals surface area contributed by atoms with E-state index in [4.69, 9.17) is 0 Å². The molecule has 1 N–H and O–H groups in total. The molecule has 1 heterocycles. The smallest absolute Gasteiger partial charge is 0.232 e. The summed E-state index contributed by atoms with van der Waals surface area (Å²) in [7, 11) is 0. The molecule has 0 fully saturated rings. The third kappa shape index (κ3) is 4.29. The highest BCUT2D eigenvalue weighted by Crippen LogP contribution is 2.18. The van der Waals surface area contributed by atoms with Crippen LogP contribution < -0.4 is 5.32 Å². The van der Waals surface area contributed by atoms with Gasteiger partial charge in [0.25, 0.3) is 0 Å². The van der Waals surface area contributed by atoms with Crippen LogP contribution in [0, 0.1) is 0 Å². The van der Waals surface area contributed by atoms with Gasteiger partial charge in [-0.2, -0.15) is 4.68 Å². The number of tetrazole rings is 1. The lowest BCUT2D eigenvalue weighted by atomic mass is 10.3. The minimum atomic E-state index is -0.127. The molecule has 2 aromatic rings. The Labute approximate surface area is 128 Å². The Hall–Kier alpha value is -1.89. The average molecular weight is 305 g/mol. The van der Waals surface area contributed by atoms with Gasteiger partial charge in [-0.25, -0.2) is 0 Å². The summed E-state index contributed by atoms with van der Waals surface area (Å²) in [6.07, 6.45) is 0.940. The van der Waals surface area contributed by atoms with E-state index in [2.05, 4.69) is 20.8 Å². The van der Waals surface area contributed by atoms with E-state index in [9.17, 15) is 4.79 Å². The first-order chi connectivity index (χ1) is 10.2. The molecule has 2 rings (SSSR count). The second kappa shape index (κ2) is 7.78. The molecule has 1 atom stereocenters. The minimum Gasteiger partial charge on any atom is -0.355 e. The lowest BCUT2D eigenvalue weighted by Gasteiger charge is -2.11. The van der Waals surface area contributed by atoms with Gasteiger partial charge in [-0.05, 0) is 35.9 Å². The molecule has 0 radical (unpaired) electrons. The van der Waals surface area contributed by atoms with Gasteiger partial charge in [-0.1, -0.05) is 25.1 Å². The van der Waals surface area contributed by atoms with E-state index < -0.39 is 0 Å². The van der Waals surface area contributed by atoms with E-state index in [1.165, 1.54) is 11.8 Å². The van der Waals surface area contributed by atoms with Gasteiger partial charge < -0.3 is 5.32 Å². The molecule has 112 valence electrons. The number of benzene rings is 1. The largest absolute Gasteiger partial charge is 0.355 e. The Morgan fingerprint density at radius 3 is 2.86 bits per heavy atom. The fourth-order valence-corrected chi connectivity index (χ4v) is 2.55. The van der Waals surface area contributed by atoms with Crippen molar-refractivity contribution in [2.75, 3.05) is 6.54 Å². The highest BCUT2D eigenvalue weighted by Gasteiger charge is 2.15. The van der Waals surface area contributed by atoms with Gasteiger partial charge in [0.2, 0.25) is 5.91 Å². The molecule has 0 aliphatic heterocycles. The van der Waals surface area contributed by atoms with Crippen molar-refractivity contribution in [2.24, 2.45) is 0 Å². The summed E-state index contributed by atoms with van der Waals surface area (Å²) >= 11 is 1.53. The summed E-state index contributed by atoms with van der Waals surface area (Å²) in [5.74, 6) is 1.38. The maximum atomic E-state index is 11.8. The number of hydrogen-bond donors (Lipinski definition) is 1. The summed E-state index contributed by atoms with van der Waals surface area (Å²) in [4.78, 5) is 11.8. The summed E-state index contributed by atoms with van der Waals surface area (Å²) in [6.45, 7) is 4.64. The molecule has 1 aromatic heterocycles. The Balaban J connectivity index is 1.96. The first kappa shape index (κ1) is 15.5. The third-order valence-corrected chi connectivity index (χ3v) is 4.05. The maximum absolute atomic E-state index is 11.8. The molecule has 1 amide bonds. The van der Waals surface area contributed by atoms with Crippen LogP contribution in [-0.4, -0.2) is 37.9 Å². The van der Waals surface area contributed by atoms with Gasteiger partial charge in [-0.15, -0.1) is 16.9 Å². The predicted octanol–water partition coefficient (Wildman–Crippen LogP) is 1.81. The first-order valence-electron chi connectivity index (χ1n) is 6.94. The number of carbonyl (C=O) groups is 1. The second-order valence-electron chi connectivity index (χ2n) is 4.59. The minimum absolute atomic E-state index is 0.0561. The SMILES string of the molecule is CCCNC(=O)C(C)SCc1nnnn1-c1ccccc1. The number of aromatic nitrogens is 4. The fourth-order valence-electron chi connectivity index (χ4n) is 1.73. The van der Waals surface area contributed by atoms with Crippen molar-refractivity contribution in [1.29, 1.82) is 0 Å². The van der Waals surface area contributed by atoms with Crippen molar-refractivity contribution < 1.29 is 4.79 Å². The number of thioether (sulfide) groups is 1. The molecule has 0 aliphatic rings. The van der Waals surface area contributed by atoms with Crippen molar-refractivity contribution in [3.63, 3.8) is 0 Å². The molecular weight excluding hydrogens is 286 g/mol. The summed E-state index contributed by atoms with van der Waals surface area (Å²) < 4.78 is 1.70. The third-order valence-electron chi connectivity index (χ3n) is 2.92. The molecule has 0 saturated carbocycles. The van der Waals surface area contributed by atoms with Gasteiger partial charge in [0, 0.05) is 6.54 Å². The molecule has 21 heavy (non-hydrogen) atoms. The molecule has 1 aromatic carbocycles. The van der Waals surface area contributed by atoms with E-state index >= 15 is 0 Å². The van der Waals surface area contributed by atoms with E-state index in [0.717, 1.165) is 17.9 Å². The van der Waals surface area contributed by atoms with Gasteiger partial charge in [0.15, 0.2) is 5.82 Å². The van der Waals surface area contributed by atoms with E-state index in [1.807, 2.05) is 44.2 Å². The summed E-state index contributed by atoms with van der Waals surface area (Å²) in [5, 5.41) is 14.5. The number of hydrogen-bond acceptors (Lipinski definition) is 5. The number of amides is 1. The number of nitrogens with zero attached hydrogens (tertiary/aromatic N) is 4. The summed E-state index contributed by atoms with van der Waals surface area (Å²) in [5.41, 5.74) is 0.918. The highest BCUT2D eigenvalue weighted by atomic mass is 32.2. The van der Waals surface area contributed by atoms with Crippen molar-refractivity contribution in [3.8, 4) is 5.69 Å². The van der Waals surface area contributed by atoms with E-state index in [-0.39, 0.29) is 11.2 Å². The van der Waals surface area contributed by atoms with Gasteiger partial charge in [-0.3, -0.25) is 4.79 Å². The van der Waals surface area contributed by atoms with Crippen LogP contribution in [0.4, 0.5) is 0 Å². The van der Waals surface area contributed by atoms with Crippen molar-refractivity contribution in [1.82, 2.24) is 25.5 Å². The normalized spacial score (nSPS) is 12.1. The zero-order valence-corrected chi connectivity index (χ0v) is 13.0. The van der Waals surface area contributed by atoms with Crippen LogP contribution in [0.5, 0.6) is 0 Å². The lowest BCUT2D eigenvalue weighted by Crippen LogP contribution is -2.31. The molecule has 7 heteroatoms. The quantitative estimate of drug-likeness (QED) is 0.844. The van der Waals surface area contributed by atoms with Crippen LogP contribution in [0.15, 0.2) is 30.3 Å². The zero-order chi connectivity index (χ0) is 15.1. The number of rotatable bonds is 7. The molecular formula is C14H19N5OS. The molecule has 0 bridgehead atoms. The Morgan fingerprint density at radius 1 is 1.38 bits per heavy atom. The van der Waals surface area contributed by atoms with Crippen LogP contribution in [0.25, 0.3) is 5.69 Å². The molecule has 0 aliphatic carbocycles. The Kier molecular flexibility index (Phi) is 5.74. The van der Waals surface area contributed by atoms with Crippen molar-refractivity contribution in [3.05, 3.63) is 36.2 Å². The van der Waals surface area contributed by atoms with Gasteiger partial charge in [0.1, 0.15) is 0 Å². The Bertz CT molecular complexity index is 572. The fraction of sp³-hybridized carbons (Fsp3) is 0.429. The molecule has 1 unspecified atom stereocenters. The first-order valence-corrected chi connectivity index (χ1v) is 7.99. The topological polar surface area (TPSA) is 72.7 Å². The highest BCUT2D eigenvalue weighted by molar-refractivity contribution is 7.99. The van der Waals surface area contributed by atoms with Crippen LogP contribution in [-0.2, 0) is 10.5 Å². The Morgan fingerprint density at radius 2 is 2.14 bits per heavy atom. The van der Waals surface area contributed by atoms with Gasteiger partial charge in [0.05, 0.1) is 16.7 Å². The van der Waals surface area contributed by atoms with Crippen molar-refractivity contribution in [2.45, 2.75) is 31.3 Å². The molecule has 0 spiro atoms. The second-order valence-corrected chi connectivity index (χ2v) is 5.92. The number of para-hydroxylation sites is 1. The van der Waals surface area contributed by atoms with E-state index in [1.54, 1.807) is 4.68 Å². The van der Waals surface area contributed by atoms with E-state index in [0.29, 0.717) is 12.3 Å². The van der Waals surface area contributed by atoms with Crippen molar-refractivity contribution >= 4 is 17.7 Å². The maximum Gasteiger partial charge on any atom is 0.232 e. The van der Waals surface area contributed by atoms with Crippen LogP contribution in [0.2, 0.25) is 0 Å². The number of carbonyl (C=O) groups excluding carboxylic acids is 1. The van der Waals surface area contributed by atoms with Crippen LogP contribution >= 0.6 is 11.8 Å². The zero-order valence-electron chi connectivity index (χ0n) is 12.2. The monoisotopic (exact) mass is 305 g/mol.